The molecule has 0 spiro atoms. The second kappa shape index (κ2) is 4.80. The molecule has 3 rings (SSSR count). The predicted octanol–water partition coefficient (Wildman–Crippen LogP) is 2.85. The highest BCUT2D eigenvalue weighted by Gasteiger charge is 2.22. The largest absolute Gasteiger partial charge is 0.477 e. The van der Waals surface area contributed by atoms with Crippen molar-refractivity contribution in [1.82, 2.24) is 9.97 Å². The molecule has 18 heavy (non-hydrogen) atoms. The highest BCUT2D eigenvalue weighted by molar-refractivity contribution is 5.84. The number of para-hydroxylation sites is 1. The van der Waals surface area contributed by atoms with E-state index in [0.29, 0.717) is 11.8 Å². The van der Waals surface area contributed by atoms with Gasteiger partial charge in [-0.15, -0.1) is 0 Å². The fraction of sp³-hybridized carbons (Fsp3) is 0.429. The molecule has 0 radical (unpaired) electrons. The van der Waals surface area contributed by atoms with Crippen molar-refractivity contribution in [2.75, 3.05) is 18.5 Å². The third-order valence-corrected chi connectivity index (χ3v) is 3.06. The number of fused-ring (bicyclic) bond motifs is 1. The molecule has 0 saturated heterocycles. The Bertz CT molecular complexity index is 552. The summed E-state index contributed by atoms with van der Waals surface area (Å²) in [5, 5.41) is 4.13. The van der Waals surface area contributed by atoms with Crippen LogP contribution in [-0.2, 0) is 0 Å². The van der Waals surface area contributed by atoms with E-state index in [9.17, 15) is 0 Å². The van der Waals surface area contributed by atoms with Gasteiger partial charge in [-0.25, -0.2) is 4.98 Å². The lowest BCUT2D eigenvalue weighted by Crippen LogP contribution is -2.06. The van der Waals surface area contributed by atoms with Crippen molar-refractivity contribution >= 4 is 16.9 Å². The molecule has 1 heterocycles. The fourth-order valence-corrected chi connectivity index (χ4v) is 1.88. The average Bonchev–Trinajstić information content (AvgIpc) is 3.20. The topological polar surface area (TPSA) is 47.0 Å². The fourth-order valence-electron chi connectivity index (χ4n) is 1.88. The molecule has 0 unspecified atom stereocenters. The Labute approximate surface area is 106 Å². The number of aromatic nitrogens is 2. The molecule has 4 nitrogen and oxygen atoms in total. The van der Waals surface area contributed by atoms with Crippen molar-refractivity contribution in [3.05, 3.63) is 24.3 Å². The summed E-state index contributed by atoms with van der Waals surface area (Å²) in [6, 6.07) is 7.97. The molecule has 94 valence electrons. The van der Waals surface area contributed by atoms with Gasteiger partial charge in [-0.1, -0.05) is 12.1 Å². The number of hydrogen-bond donors (Lipinski definition) is 1. The first-order valence-electron chi connectivity index (χ1n) is 6.50. The Morgan fingerprint density at radius 1 is 1.28 bits per heavy atom. The molecule has 1 N–H and O–H groups in total. The Kier molecular flexibility index (Phi) is 3.00. The quantitative estimate of drug-likeness (QED) is 0.877. The van der Waals surface area contributed by atoms with Crippen molar-refractivity contribution in [2.45, 2.75) is 19.8 Å². The van der Waals surface area contributed by atoms with Crippen LogP contribution in [0.15, 0.2) is 24.3 Å². The lowest BCUT2D eigenvalue weighted by Gasteiger charge is -2.10. The van der Waals surface area contributed by atoms with Gasteiger partial charge in [0.25, 0.3) is 0 Å². The number of nitrogens with one attached hydrogen (secondary N) is 1. The van der Waals surface area contributed by atoms with Crippen LogP contribution in [0, 0.1) is 5.92 Å². The van der Waals surface area contributed by atoms with Crippen molar-refractivity contribution in [3.8, 4) is 5.88 Å². The standard InChI is InChI=1S/C14H17N3O/c1-2-15-14-16-12-6-4-3-5-11(12)13(17-14)18-9-10-7-8-10/h3-6,10H,2,7-9H2,1H3,(H,15,16,17). The highest BCUT2D eigenvalue weighted by atomic mass is 16.5. The number of ether oxygens (including phenoxy) is 1. The molecule has 1 aliphatic rings. The number of anilines is 1. The Hall–Kier alpha value is -1.84. The summed E-state index contributed by atoms with van der Waals surface area (Å²) in [6.07, 6.45) is 2.56. The minimum absolute atomic E-state index is 0.641. The molecule has 4 heteroatoms. The van der Waals surface area contributed by atoms with Crippen molar-refractivity contribution in [1.29, 1.82) is 0 Å². The monoisotopic (exact) mass is 243 g/mol. The molecular formula is C14H17N3O. The van der Waals surface area contributed by atoms with Crippen molar-refractivity contribution < 1.29 is 4.74 Å². The summed E-state index contributed by atoms with van der Waals surface area (Å²) in [5.74, 6) is 2.06. The van der Waals surface area contributed by atoms with Gasteiger partial charge in [0.15, 0.2) is 0 Å². The summed E-state index contributed by atoms with van der Waals surface area (Å²) < 4.78 is 5.84. The normalized spacial score (nSPS) is 14.7. The maximum absolute atomic E-state index is 5.84. The van der Waals surface area contributed by atoms with Crippen molar-refractivity contribution in [3.63, 3.8) is 0 Å². The average molecular weight is 243 g/mol. The molecule has 0 aliphatic heterocycles. The van der Waals surface area contributed by atoms with E-state index in [-0.39, 0.29) is 0 Å². The summed E-state index contributed by atoms with van der Waals surface area (Å²) >= 11 is 0. The molecule has 1 aromatic heterocycles. The first-order valence-corrected chi connectivity index (χ1v) is 6.50. The lowest BCUT2D eigenvalue weighted by atomic mass is 10.2. The summed E-state index contributed by atoms with van der Waals surface area (Å²) in [6.45, 7) is 3.61. The van der Waals surface area contributed by atoms with Gasteiger partial charge in [0.05, 0.1) is 17.5 Å². The second-order valence-corrected chi connectivity index (χ2v) is 4.65. The van der Waals surface area contributed by atoms with Gasteiger partial charge >= 0.3 is 0 Å². The molecule has 0 amide bonds. The molecule has 0 bridgehead atoms. The zero-order valence-corrected chi connectivity index (χ0v) is 10.5. The molecule has 0 atom stereocenters. The molecule has 2 aromatic rings. The van der Waals surface area contributed by atoms with Gasteiger partial charge in [0, 0.05) is 6.54 Å². The van der Waals surface area contributed by atoms with Crippen LogP contribution < -0.4 is 10.1 Å². The predicted molar refractivity (Wildman–Crippen MR) is 71.9 cm³/mol. The zero-order valence-electron chi connectivity index (χ0n) is 10.5. The Morgan fingerprint density at radius 3 is 2.89 bits per heavy atom. The van der Waals surface area contributed by atoms with Gasteiger partial charge < -0.3 is 10.1 Å². The SMILES string of the molecule is CCNc1nc(OCC2CC2)c2ccccc2n1. The first kappa shape index (κ1) is 11.3. The Morgan fingerprint density at radius 2 is 2.11 bits per heavy atom. The van der Waals surface area contributed by atoms with E-state index < -0.39 is 0 Å². The van der Waals surface area contributed by atoms with Crippen LogP contribution in [0.1, 0.15) is 19.8 Å². The molecular weight excluding hydrogens is 226 g/mol. The van der Waals surface area contributed by atoms with Gasteiger partial charge in [0.2, 0.25) is 11.8 Å². The van der Waals surface area contributed by atoms with E-state index in [1.807, 2.05) is 31.2 Å². The van der Waals surface area contributed by atoms with Crippen LogP contribution in [0.3, 0.4) is 0 Å². The van der Waals surface area contributed by atoms with E-state index in [1.54, 1.807) is 0 Å². The third-order valence-electron chi connectivity index (χ3n) is 3.06. The summed E-state index contributed by atoms with van der Waals surface area (Å²) in [5.41, 5.74) is 0.925. The van der Waals surface area contributed by atoms with Crippen LogP contribution in [0.5, 0.6) is 5.88 Å². The van der Waals surface area contributed by atoms with E-state index in [1.165, 1.54) is 12.8 Å². The number of rotatable bonds is 5. The van der Waals surface area contributed by atoms with Crippen LogP contribution in [0.2, 0.25) is 0 Å². The minimum atomic E-state index is 0.641. The van der Waals surface area contributed by atoms with E-state index in [2.05, 4.69) is 15.3 Å². The van der Waals surface area contributed by atoms with Crippen LogP contribution >= 0.6 is 0 Å². The van der Waals surface area contributed by atoms with Gasteiger partial charge in [-0.05, 0) is 37.8 Å². The number of benzene rings is 1. The molecule has 1 fully saturated rings. The summed E-state index contributed by atoms with van der Waals surface area (Å²) in [7, 11) is 0. The smallest absolute Gasteiger partial charge is 0.226 e. The lowest BCUT2D eigenvalue weighted by molar-refractivity contribution is 0.292. The highest BCUT2D eigenvalue weighted by Crippen LogP contribution is 2.31. The van der Waals surface area contributed by atoms with Gasteiger partial charge in [-0.3, -0.25) is 0 Å². The van der Waals surface area contributed by atoms with Crippen LogP contribution in [0.25, 0.3) is 10.9 Å². The molecule has 1 saturated carbocycles. The van der Waals surface area contributed by atoms with E-state index in [4.69, 9.17) is 4.74 Å². The Balaban J connectivity index is 1.95. The van der Waals surface area contributed by atoms with Crippen molar-refractivity contribution in [2.24, 2.45) is 5.92 Å². The second-order valence-electron chi connectivity index (χ2n) is 4.65. The molecule has 1 aliphatic carbocycles. The van der Waals surface area contributed by atoms with Gasteiger partial charge in [-0.2, -0.15) is 4.98 Å². The summed E-state index contributed by atoms with van der Waals surface area (Å²) in [4.78, 5) is 8.91. The zero-order chi connectivity index (χ0) is 12.4. The van der Waals surface area contributed by atoms with E-state index >= 15 is 0 Å². The minimum Gasteiger partial charge on any atom is -0.477 e. The number of nitrogens with zero attached hydrogens (tertiary/aromatic N) is 2. The molecule has 1 aromatic carbocycles. The van der Waals surface area contributed by atoms with E-state index in [0.717, 1.165) is 30.0 Å². The van der Waals surface area contributed by atoms with Crippen LogP contribution in [-0.4, -0.2) is 23.1 Å². The maximum Gasteiger partial charge on any atom is 0.226 e. The van der Waals surface area contributed by atoms with Gasteiger partial charge in [0.1, 0.15) is 0 Å². The van der Waals surface area contributed by atoms with Crippen LogP contribution in [0.4, 0.5) is 5.95 Å². The maximum atomic E-state index is 5.84. The first-order chi connectivity index (χ1) is 8.86. The number of hydrogen-bond acceptors (Lipinski definition) is 4. The third kappa shape index (κ3) is 2.37.